The van der Waals surface area contributed by atoms with Crippen molar-refractivity contribution in [3.05, 3.63) is 24.5 Å². The van der Waals surface area contributed by atoms with Crippen molar-refractivity contribution in [2.45, 2.75) is 39.2 Å². The second-order valence-corrected chi connectivity index (χ2v) is 5.19. The molecule has 1 saturated heterocycles. The van der Waals surface area contributed by atoms with E-state index in [2.05, 4.69) is 53.4 Å². The quantitative estimate of drug-likeness (QED) is 0.846. The van der Waals surface area contributed by atoms with Gasteiger partial charge in [0.15, 0.2) is 0 Å². The lowest BCUT2D eigenvalue weighted by atomic mass is 9.90. The highest BCUT2D eigenvalue weighted by Crippen LogP contribution is 2.21. The molecule has 1 aromatic heterocycles. The minimum Gasteiger partial charge on any atom is -0.323 e. The third-order valence-corrected chi connectivity index (χ3v) is 3.84. The second-order valence-electron chi connectivity index (χ2n) is 5.19. The van der Waals surface area contributed by atoms with Crippen LogP contribution in [0.1, 0.15) is 33.1 Å². The average molecular weight is 235 g/mol. The van der Waals surface area contributed by atoms with Crippen molar-refractivity contribution in [2.75, 3.05) is 25.1 Å². The van der Waals surface area contributed by atoms with Crippen molar-refractivity contribution >= 4 is 0 Å². The highest BCUT2D eigenvalue weighted by Gasteiger charge is 2.23. The summed E-state index contributed by atoms with van der Waals surface area (Å²) >= 11 is 0. The molecule has 0 aromatic carbocycles. The van der Waals surface area contributed by atoms with Crippen LogP contribution in [-0.4, -0.2) is 35.3 Å². The fraction of sp³-hybridized carbons (Fsp3) is 0.714. The Balaban J connectivity index is 1.76. The third-order valence-electron chi connectivity index (χ3n) is 3.84. The summed E-state index contributed by atoms with van der Waals surface area (Å²) in [6, 6.07) is 4.68. The Morgan fingerprint density at radius 3 is 2.47 bits per heavy atom. The molecule has 0 radical (unpaired) electrons. The zero-order valence-electron chi connectivity index (χ0n) is 11.1. The zero-order chi connectivity index (χ0) is 12.1. The molecule has 3 heteroatoms. The standard InChI is InChI=1S/C14H25N3/c1-3-8-16-11-6-14(7-12-16)13(2)15-17-9-4-5-10-17/h4-5,9-10,13-15H,3,6-8,11-12H2,1-2H3. The zero-order valence-corrected chi connectivity index (χ0v) is 11.1. The molecule has 1 N–H and O–H groups in total. The smallest absolute Gasteiger partial charge is 0.0425 e. The summed E-state index contributed by atoms with van der Waals surface area (Å²) in [5.74, 6) is 0.811. The van der Waals surface area contributed by atoms with Crippen LogP contribution < -0.4 is 5.43 Å². The van der Waals surface area contributed by atoms with Gasteiger partial charge in [0.1, 0.15) is 0 Å². The van der Waals surface area contributed by atoms with Crippen LogP contribution in [0.15, 0.2) is 24.5 Å². The largest absolute Gasteiger partial charge is 0.323 e. The number of piperidine rings is 1. The molecule has 1 atom stereocenters. The molecule has 1 aliphatic heterocycles. The Hall–Kier alpha value is -0.960. The molecular weight excluding hydrogens is 210 g/mol. The van der Waals surface area contributed by atoms with Gasteiger partial charge in [-0.25, -0.2) is 0 Å². The van der Waals surface area contributed by atoms with Crippen LogP contribution in [0.3, 0.4) is 0 Å². The molecule has 0 aliphatic carbocycles. The molecule has 1 aliphatic rings. The number of rotatable bonds is 5. The van der Waals surface area contributed by atoms with Gasteiger partial charge in [0.2, 0.25) is 0 Å². The second kappa shape index (κ2) is 6.10. The van der Waals surface area contributed by atoms with E-state index < -0.39 is 0 Å². The summed E-state index contributed by atoms with van der Waals surface area (Å²) in [6.07, 6.45) is 8.08. The van der Waals surface area contributed by atoms with E-state index in [1.807, 2.05) is 0 Å². The minimum atomic E-state index is 0.561. The van der Waals surface area contributed by atoms with Crippen LogP contribution in [0, 0.1) is 5.92 Å². The van der Waals surface area contributed by atoms with Crippen LogP contribution in [0.2, 0.25) is 0 Å². The number of nitrogens with zero attached hydrogens (tertiary/aromatic N) is 2. The first kappa shape index (κ1) is 12.5. The molecule has 1 aromatic rings. The number of nitrogens with one attached hydrogen (secondary N) is 1. The summed E-state index contributed by atoms with van der Waals surface area (Å²) in [5, 5.41) is 0. The van der Waals surface area contributed by atoms with Gasteiger partial charge < -0.3 is 10.3 Å². The van der Waals surface area contributed by atoms with E-state index in [9.17, 15) is 0 Å². The van der Waals surface area contributed by atoms with Gasteiger partial charge in [-0.05, 0) is 63.9 Å². The molecule has 1 unspecified atom stereocenters. The van der Waals surface area contributed by atoms with Gasteiger partial charge in [-0.3, -0.25) is 4.68 Å². The molecule has 0 bridgehead atoms. The number of hydrogen-bond donors (Lipinski definition) is 1. The van der Waals surface area contributed by atoms with Gasteiger partial charge in [0.25, 0.3) is 0 Å². The maximum absolute atomic E-state index is 3.54. The Morgan fingerprint density at radius 1 is 1.24 bits per heavy atom. The van der Waals surface area contributed by atoms with E-state index in [1.165, 1.54) is 38.9 Å². The first-order valence-electron chi connectivity index (χ1n) is 6.91. The summed E-state index contributed by atoms with van der Waals surface area (Å²) in [6.45, 7) is 8.39. The van der Waals surface area contributed by atoms with Crippen LogP contribution in [0.5, 0.6) is 0 Å². The Labute approximate surface area is 105 Å². The Bertz CT molecular complexity index is 299. The molecule has 0 saturated carbocycles. The first-order chi connectivity index (χ1) is 8.29. The fourth-order valence-electron chi connectivity index (χ4n) is 2.75. The average Bonchev–Trinajstić information content (AvgIpc) is 2.83. The van der Waals surface area contributed by atoms with Crippen molar-refractivity contribution < 1.29 is 0 Å². The molecule has 1 fully saturated rings. The molecule has 0 spiro atoms. The monoisotopic (exact) mass is 235 g/mol. The number of aromatic nitrogens is 1. The van der Waals surface area contributed by atoms with E-state index in [0.29, 0.717) is 6.04 Å². The van der Waals surface area contributed by atoms with E-state index >= 15 is 0 Å². The third kappa shape index (κ3) is 3.50. The normalized spacial score (nSPS) is 20.4. The van der Waals surface area contributed by atoms with Crippen molar-refractivity contribution in [3.63, 3.8) is 0 Å². The molecule has 96 valence electrons. The summed E-state index contributed by atoms with van der Waals surface area (Å²) < 4.78 is 2.07. The minimum absolute atomic E-state index is 0.561. The highest BCUT2D eigenvalue weighted by molar-refractivity contribution is 4.96. The lowest BCUT2D eigenvalue weighted by Crippen LogP contribution is -2.41. The van der Waals surface area contributed by atoms with Crippen molar-refractivity contribution in [2.24, 2.45) is 5.92 Å². The highest BCUT2D eigenvalue weighted by atomic mass is 15.4. The van der Waals surface area contributed by atoms with E-state index in [1.54, 1.807) is 0 Å². The van der Waals surface area contributed by atoms with Gasteiger partial charge >= 0.3 is 0 Å². The lowest BCUT2D eigenvalue weighted by molar-refractivity contribution is 0.173. The lowest BCUT2D eigenvalue weighted by Gasteiger charge is -2.35. The van der Waals surface area contributed by atoms with E-state index in [4.69, 9.17) is 0 Å². The van der Waals surface area contributed by atoms with Crippen molar-refractivity contribution in [1.82, 2.24) is 9.58 Å². The Kier molecular flexibility index (Phi) is 4.49. The SMILES string of the molecule is CCCN1CCC(C(C)Nn2cccc2)CC1. The molecule has 0 amide bonds. The number of hydrogen-bond acceptors (Lipinski definition) is 2. The van der Waals surface area contributed by atoms with E-state index in [-0.39, 0.29) is 0 Å². The maximum Gasteiger partial charge on any atom is 0.0425 e. The van der Waals surface area contributed by atoms with E-state index in [0.717, 1.165) is 5.92 Å². The topological polar surface area (TPSA) is 20.2 Å². The number of likely N-dealkylation sites (tertiary alicyclic amines) is 1. The maximum atomic E-state index is 3.54. The first-order valence-corrected chi connectivity index (χ1v) is 6.91. The summed E-state index contributed by atoms with van der Waals surface area (Å²) in [4.78, 5) is 2.60. The van der Waals surface area contributed by atoms with Gasteiger partial charge in [-0.2, -0.15) is 0 Å². The molecule has 2 heterocycles. The van der Waals surface area contributed by atoms with Crippen LogP contribution >= 0.6 is 0 Å². The summed E-state index contributed by atoms with van der Waals surface area (Å²) in [7, 11) is 0. The van der Waals surface area contributed by atoms with Crippen LogP contribution in [0.25, 0.3) is 0 Å². The van der Waals surface area contributed by atoms with Gasteiger partial charge in [-0.15, -0.1) is 0 Å². The van der Waals surface area contributed by atoms with Crippen LogP contribution in [0.4, 0.5) is 0 Å². The van der Waals surface area contributed by atoms with Crippen LogP contribution in [-0.2, 0) is 0 Å². The van der Waals surface area contributed by atoms with Gasteiger partial charge in [-0.1, -0.05) is 6.92 Å². The van der Waals surface area contributed by atoms with Crippen molar-refractivity contribution in [3.8, 4) is 0 Å². The fourth-order valence-corrected chi connectivity index (χ4v) is 2.75. The molecule has 2 rings (SSSR count). The summed E-state index contributed by atoms with van der Waals surface area (Å²) in [5.41, 5.74) is 3.54. The Morgan fingerprint density at radius 2 is 1.88 bits per heavy atom. The molecule has 3 nitrogen and oxygen atoms in total. The van der Waals surface area contributed by atoms with Gasteiger partial charge in [0, 0.05) is 18.4 Å². The van der Waals surface area contributed by atoms with Gasteiger partial charge in [0.05, 0.1) is 0 Å². The van der Waals surface area contributed by atoms with Crippen molar-refractivity contribution in [1.29, 1.82) is 0 Å². The predicted octanol–water partition coefficient (Wildman–Crippen LogP) is 2.54. The molecular formula is C14H25N3. The predicted molar refractivity (Wildman–Crippen MR) is 72.7 cm³/mol. The molecule has 17 heavy (non-hydrogen) atoms.